The van der Waals surface area contributed by atoms with Crippen LogP contribution >= 0.6 is 0 Å². The van der Waals surface area contributed by atoms with Crippen LogP contribution in [0.5, 0.6) is 0 Å². The smallest absolute Gasteiger partial charge is 0.123 e. The van der Waals surface area contributed by atoms with E-state index < -0.39 is 0 Å². The predicted octanol–water partition coefficient (Wildman–Crippen LogP) is 0.410. The van der Waals surface area contributed by atoms with Crippen molar-refractivity contribution in [2.75, 3.05) is 0 Å². The van der Waals surface area contributed by atoms with Crippen LogP contribution in [-0.4, -0.2) is 12.6 Å². The zero-order chi connectivity index (χ0) is 5.98. The molecule has 0 aromatic carbocycles. The monoisotopic (exact) mass is 112 g/mol. The third-order valence-corrected chi connectivity index (χ3v) is 1.73. The minimum atomic E-state index is 0.0486. The number of hydrogen-bond donors (Lipinski definition) is 0. The van der Waals surface area contributed by atoms with E-state index in [9.17, 15) is 9.59 Å². The summed E-state index contributed by atoms with van der Waals surface area (Å²) in [5, 5.41) is 0. The van der Waals surface area contributed by atoms with E-state index in [2.05, 4.69) is 0 Å². The Hall–Kier alpha value is -0.660. The molecule has 0 bridgehead atoms. The summed E-state index contributed by atoms with van der Waals surface area (Å²) < 4.78 is 0. The molecule has 1 rings (SSSR count). The van der Waals surface area contributed by atoms with Crippen molar-refractivity contribution in [3.05, 3.63) is 0 Å². The first-order valence-corrected chi connectivity index (χ1v) is 2.79. The second kappa shape index (κ2) is 2.07. The van der Waals surface area contributed by atoms with Gasteiger partial charge in [0.15, 0.2) is 0 Å². The molecular weight excluding hydrogens is 104 g/mol. The molecule has 1 aliphatic rings. The van der Waals surface area contributed by atoms with E-state index >= 15 is 0 Å². The molecule has 0 spiro atoms. The Balaban J connectivity index is 2.36. The molecule has 0 aromatic rings. The van der Waals surface area contributed by atoms with E-state index in [1.54, 1.807) is 0 Å². The van der Waals surface area contributed by atoms with Crippen molar-refractivity contribution in [3.8, 4) is 0 Å². The zero-order valence-corrected chi connectivity index (χ0v) is 4.54. The summed E-state index contributed by atoms with van der Waals surface area (Å²) >= 11 is 0. The molecule has 0 aliphatic heterocycles. The summed E-state index contributed by atoms with van der Waals surface area (Å²) in [4.78, 5) is 20.0. The van der Waals surface area contributed by atoms with Gasteiger partial charge in [-0.2, -0.15) is 0 Å². The first kappa shape index (κ1) is 5.48. The molecule has 2 unspecified atom stereocenters. The highest BCUT2D eigenvalue weighted by Gasteiger charge is 2.29. The van der Waals surface area contributed by atoms with Crippen molar-refractivity contribution >= 4 is 12.6 Å². The van der Waals surface area contributed by atoms with Gasteiger partial charge in [-0.3, -0.25) is 0 Å². The van der Waals surface area contributed by atoms with Crippen LogP contribution in [0.15, 0.2) is 0 Å². The summed E-state index contributed by atoms with van der Waals surface area (Å²) in [7, 11) is 0. The van der Waals surface area contributed by atoms with Gasteiger partial charge in [0.1, 0.15) is 12.6 Å². The third-order valence-electron chi connectivity index (χ3n) is 1.73. The molecule has 0 radical (unpaired) electrons. The molecule has 0 N–H and O–H groups in total. The van der Waals surface area contributed by atoms with Crippen LogP contribution in [0, 0.1) is 11.8 Å². The first-order chi connectivity index (χ1) is 3.88. The minimum absolute atomic E-state index is 0.0486. The SMILES string of the molecule is O=CC1CCC1C=O. The van der Waals surface area contributed by atoms with Crippen molar-refractivity contribution < 1.29 is 9.59 Å². The van der Waals surface area contributed by atoms with Crippen LogP contribution in [0.25, 0.3) is 0 Å². The van der Waals surface area contributed by atoms with E-state index in [0.717, 1.165) is 25.4 Å². The molecule has 44 valence electrons. The fourth-order valence-corrected chi connectivity index (χ4v) is 0.889. The van der Waals surface area contributed by atoms with Crippen molar-refractivity contribution in [3.63, 3.8) is 0 Å². The average molecular weight is 112 g/mol. The van der Waals surface area contributed by atoms with Crippen molar-refractivity contribution in [2.24, 2.45) is 11.8 Å². The summed E-state index contributed by atoms with van der Waals surface area (Å²) in [6.07, 6.45) is 3.57. The lowest BCUT2D eigenvalue weighted by Crippen LogP contribution is -2.27. The van der Waals surface area contributed by atoms with Crippen molar-refractivity contribution in [1.29, 1.82) is 0 Å². The highest BCUT2D eigenvalue weighted by atomic mass is 16.1. The van der Waals surface area contributed by atoms with Crippen LogP contribution in [0.3, 0.4) is 0 Å². The highest BCUT2D eigenvalue weighted by molar-refractivity contribution is 5.66. The standard InChI is InChI=1S/C6H8O2/c7-3-5-1-2-6(5)4-8/h3-6H,1-2H2. The number of hydrogen-bond acceptors (Lipinski definition) is 2. The molecular formula is C6H8O2. The molecule has 0 heterocycles. The summed E-state index contributed by atoms with van der Waals surface area (Å²) in [6, 6.07) is 0. The molecule has 1 aliphatic carbocycles. The van der Waals surface area contributed by atoms with Crippen LogP contribution in [0.4, 0.5) is 0 Å². The van der Waals surface area contributed by atoms with Gasteiger partial charge in [0.25, 0.3) is 0 Å². The minimum Gasteiger partial charge on any atom is -0.303 e. The molecule has 0 aromatic heterocycles. The van der Waals surface area contributed by atoms with Gasteiger partial charge in [0, 0.05) is 11.8 Å². The van der Waals surface area contributed by atoms with Gasteiger partial charge in [-0.15, -0.1) is 0 Å². The van der Waals surface area contributed by atoms with Gasteiger partial charge in [-0.05, 0) is 12.8 Å². The van der Waals surface area contributed by atoms with E-state index in [0.29, 0.717) is 0 Å². The lowest BCUT2D eigenvalue weighted by Gasteiger charge is -2.26. The largest absolute Gasteiger partial charge is 0.303 e. The molecule has 1 fully saturated rings. The van der Waals surface area contributed by atoms with Crippen LogP contribution in [-0.2, 0) is 9.59 Å². The fourth-order valence-electron chi connectivity index (χ4n) is 0.889. The van der Waals surface area contributed by atoms with Gasteiger partial charge in [-0.1, -0.05) is 0 Å². The molecule has 1 saturated carbocycles. The van der Waals surface area contributed by atoms with Gasteiger partial charge in [0.05, 0.1) is 0 Å². The fraction of sp³-hybridized carbons (Fsp3) is 0.667. The first-order valence-electron chi connectivity index (χ1n) is 2.79. The predicted molar refractivity (Wildman–Crippen MR) is 28.3 cm³/mol. The summed E-state index contributed by atoms with van der Waals surface area (Å²) in [6.45, 7) is 0. The number of rotatable bonds is 2. The number of carbonyl (C=O) groups excluding carboxylic acids is 2. The average Bonchev–Trinajstić information content (AvgIpc) is 1.66. The molecule has 2 heteroatoms. The quantitative estimate of drug-likeness (QED) is 0.485. The Morgan fingerprint density at radius 3 is 1.50 bits per heavy atom. The maximum atomic E-state index is 10.00. The maximum Gasteiger partial charge on any atom is 0.123 e. The van der Waals surface area contributed by atoms with E-state index in [-0.39, 0.29) is 11.8 Å². The maximum absolute atomic E-state index is 10.00. The summed E-state index contributed by atoms with van der Waals surface area (Å²) in [5.74, 6) is 0.0972. The Morgan fingerprint density at radius 1 is 1.00 bits per heavy atom. The zero-order valence-electron chi connectivity index (χ0n) is 4.54. The molecule has 0 amide bonds. The van der Waals surface area contributed by atoms with Crippen molar-refractivity contribution in [1.82, 2.24) is 0 Å². The molecule has 2 atom stereocenters. The van der Waals surface area contributed by atoms with Crippen LogP contribution in [0.2, 0.25) is 0 Å². The van der Waals surface area contributed by atoms with Crippen molar-refractivity contribution in [2.45, 2.75) is 12.8 Å². The van der Waals surface area contributed by atoms with Crippen LogP contribution < -0.4 is 0 Å². The Kier molecular flexibility index (Phi) is 1.42. The normalized spacial score (nSPS) is 35.5. The topological polar surface area (TPSA) is 34.1 Å². The Morgan fingerprint density at radius 2 is 1.38 bits per heavy atom. The second-order valence-electron chi connectivity index (χ2n) is 2.18. The Bertz CT molecular complexity index is 95.1. The lowest BCUT2D eigenvalue weighted by molar-refractivity contribution is -0.123. The third kappa shape index (κ3) is 0.661. The second-order valence-corrected chi connectivity index (χ2v) is 2.18. The Labute approximate surface area is 47.9 Å². The molecule has 8 heavy (non-hydrogen) atoms. The molecule has 0 saturated heterocycles. The van der Waals surface area contributed by atoms with E-state index in [1.807, 2.05) is 0 Å². The van der Waals surface area contributed by atoms with Crippen LogP contribution in [0.1, 0.15) is 12.8 Å². The van der Waals surface area contributed by atoms with Gasteiger partial charge < -0.3 is 9.59 Å². The summed E-state index contributed by atoms with van der Waals surface area (Å²) in [5.41, 5.74) is 0. The van der Waals surface area contributed by atoms with E-state index in [4.69, 9.17) is 0 Å². The van der Waals surface area contributed by atoms with Gasteiger partial charge in [-0.25, -0.2) is 0 Å². The number of carbonyl (C=O) groups is 2. The van der Waals surface area contributed by atoms with Gasteiger partial charge in [0.2, 0.25) is 0 Å². The lowest BCUT2D eigenvalue weighted by atomic mass is 9.76. The highest BCUT2D eigenvalue weighted by Crippen LogP contribution is 2.30. The van der Waals surface area contributed by atoms with E-state index in [1.165, 1.54) is 0 Å². The molecule has 2 nitrogen and oxygen atoms in total. The van der Waals surface area contributed by atoms with Gasteiger partial charge >= 0.3 is 0 Å². The number of aldehydes is 2.